The van der Waals surface area contributed by atoms with Crippen LogP contribution < -0.4 is 0 Å². The van der Waals surface area contributed by atoms with Crippen LogP contribution in [0.4, 0.5) is 0 Å². The second-order valence-corrected chi connectivity index (χ2v) is 4.89. The van der Waals surface area contributed by atoms with Gasteiger partial charge in [0.1, 0.15) is 5.15 Å². The number of aromatic nitrogens is 3. The van der Waals surface area contributed by atoms with Gasteiger partial charge in [-0.15, -0.1) is 0 Å². The molecule has 2 rings (SSSR count). The molecule has 0 spiro atoms. The zero-order valence-electron chi connectivity index (χ0n) is 10.4. The van der Waals surface area contributed by atoms with Crippen LogP contribution in [0.2, 0.25) is 5.15 Å². The Morgan fingerprint density at radius 2 is 2.24 bits per heavy atom. The molecule has 0 fully saturated rings. The fourth-order valence-electron chi connectivity index (χ4n) is 1.99. The summed E-state index contributed by atoms with van der Waals surface area (Å²) in [6.45, 7) is 4.43. The fraction of sp³-hybridized carbons (Fsp3) is 0.538. The van der Waals surface area contributed by atoms with E-state index < -0.39 is 0 Å². The summed E-state index contributed by atoms with van der Waals surface area (Å²) in [6, 6.07) is 3.81. The lowest BCUT2D eigenvalue weighted by molar-refractivity contribution is 0.587. The molecule has 1 unspecified atom stereocenters. The Morgan fingerprint density at radius 1 is 1.41 bits per heavy atom. The molecule has 17 heavy (non-hydrogen) atoms. The zero-order valence-corrected chi connectivity index (χ0v) is 11.1. The maximum atomic E-state index is 6.17. The minimum atomic E-state index is 0.457. The van der Waals surface area contributed by atoms with Crippen molar-refractivity contribution in [2.45, 2.75) is 45.4 Å². The molecule has 92 valence electrons. The lowest BCUT2D eigenvalue weighted by Crippen LogP contribution is -2.01. The van der Waals surface area contributed by atoms with Gasteiger partial charge in [-0.25, -0.2) is 9.50 Å². The van der Waals surface area contributed by atoms with Crippen molar-refractivity contribution in [3.8, 4) is 0 Å². The normalized spacial score (nSPS) is 13.1. The van der Waals surface area contributed by atoms with E-state index in [1.165, 1.54) is 25.7 Å². The summed E-state index contributed by atoms with van der Waals surface area (Å²) in [7, 11) is 0. The lowest BCUT2D eigenvalue weighted by atomic mass is 10.00. The van der Waals surface area contributed by atoms with Crippen molar-refractivity contribution in [2.75, 3.05) is 0 Å². The molecule has 0 saturated heterocycles. The highest BCUT2D eigenvalue weighted by Crippen LogP contribution is 2.23. The average Bonchev–Trinajstić information content (AvgIpc) is 2.77. The third kappa shape index (κ3) is 2.78. The molecule has 2 aromatic rings. The van der Waals surface area contributed by atoms with Gasteiger partial charge in [-0.1, -0.05) is 44.7 Å². The monoisotopic (exact) mass is 251 g/mol. The summed E-state index contributed by atoms with van der Waals surface area (Å²) in [5.41, 5.74) is 1.90. The SMILES string of the molecule is CCCCCC(C)c1cc(Cl)n2nccc2n1. The summed E-state index contributed by atoms with van der Waals surface area (Å²) in [6.07, 6.45) is 6.68. The minimum absolute atomic E-state index is 0.457. The number of hydrogen-bond donors (Lipinski definition) is 0. The quantitative estimate of drug-likeness (QED) is 0.592. The number of unbranched alkanes of at least 4 members (excludes halogenated alkanes) is 2. The molecule has 3 nitrogen and oxygen atoms in total. The van der Waals surface area contributed by atoms with Crippen molar-refractivity contribution in [2.24, 2.45) is 0 Å². The molecule has 4 heteroatoms. The molecule has 0 aliphatic carbocycles. The summed E-state index contributed by atoms with van der Waals surface area (Å²) in [5, 5.41) is 4.75. The van der Waals surface area contributed by atoms with Gasteiger partial charge in [0, 0.05) is 11.8 Å². The highest BCUT2D eigenvalue weighted by atomic mass is 35.5. The van der Waals surface area contributed by atoms with E-state index in [0.717, 1.165) is 11.3 Å². The van der Waals surface area contributed by atoms with E-state index in [-0.39, 0.29) is 0 Å². The minimum Gasteiger partial charge on any atom is -0.233 e. The highest BCUT2D eigenvalue weighted by Gasteiger charge is 2.10. The van der Waals surface area contributed by atoms with Gasteiger partial charge in [0.15, 0.2) is 5.65 Å². The topological polar surface area (TPSA) is 30.2 Å². The van der Waals surface area contributed by atoms with Gasteiger partial charge in [0.25, 0.3) is 0 Å². The van der Waals surface area contributed by atoms with Crippen LogP contribution in [-0.2, 0) is 0 Å². The Morgan fingerprint density at radius 3 is 3.00 bits per heavy atom. The zero-order chi connectivity index (χ0) is 12.3. The van der Waals surface area contributed by atoms with Crippen LogP contribution in [0.5, 0.6) is 0 Å². The van der Waals surface area contributed by atoms with E-state index in [9.17, 15) is 0 Å². The van der Waals surface area contributed by atoms with Crippen LogP contribution in [0.25, 0.3) is 5.65 Å². The average molecular weight is 252 g/mol. The first-order chi connectivity index (χ1) is 8.22. The van der Waals surface area contributed by atoms with Crippen molar-refractivity contribution in [3.63, 3.8) is 0 Å². The number of nitrogens with zero attached hydrogens (tertiary/aromatic N) is 3. The largest absolute Gasteiger partial charge is 0.233 e. The molecule has 0 aliphatic rings. The second-order valence-electron chi connectivity index (χ2n) is 4.50. The van der Waals surface area contributed by atoms with E-state index in [0.29, 0.717) is 11.1 Å². The molecule has 1 atom stereocenters. The Kier molecular flexibility index (Phi) is 4.00. The van der Waals surface area contributed by atoms with Gasteiger partial charge in [0.05, 0.1) is 6.20 Å². The van der Waals surface area contributed by atoms with Crippen LogP contribution in [0.1, 0.15) is 51.1 Å². The maximum Gasteiger partial charge on any atom is 0.156 e. The first-order valence-corrected chi connectivity index (χ1v) is 6.60. The molecular formula is C13H18ClN3. The number of halogens is 1. The first kappa shape index (κ1) is 12.4. The van der Waals surface area contributed by atoms with Gasteiger partial charge in [0.2, 0.25) is 0 Å². The van der Waals surface area contributed by atoms with Crippen molar-refractivity contribution in [1.29, 1.82) is 0 Å². The van der Waals surface area contributed by atoms with Crippen LogP contribution in [-0.4, -0.2) is 14.6 Å². The van der Waals surface area contributed by atoms with Crippen molar-refractivity contribution >= 4 is 17.2 Å². The molecule has 0 bridgehead atoms. The number of fused-ring (bicyclic) bond motifs is 1. The summed E-state index contributed by atoms with van der Waals surface area (Å²) in [5.74, 6) is 0.457. The van der Waals surface area contributed by atoms with E-state index in [4.69, 9.17) is 11.6 Å². The predicted octanol–water partition coefficient (Wildman–Crippen LogP) is 4.07. The fourth-order valence-corrected chi connectivity index (χ4v) is 2.24. The smallest absolute Gasteiger partial charge is 0.156 e. The Labute approximate surface area is 107 Å². The van der Waals surface area contributed by atoms with E-state index in [1.807, 2.05) is 12.1 Å². The van der Waals surface area contributed by atoms with Crippen molar-refractivity contribution < 1.29 is 0 Å². The number of hydrogen-bond acceptors (Lipinski definition) is 2. The van der Waals surface area contributed by atoms with Crippen LogP contribution >= 0.6 is 11.6 Å². The Bertz CT molecular complexity index is 492. The van der Waals surface area contributed by atoms with Gasteiger partial charge in [-0.3, -0.25) is 0 Å². The van der Waals surface area contributed by atoms with Gasteiger partial charge in [-0.2, -0.15) is 5.10 Å². The molecule has 0 aromatic carbocycles. The predicted molar refractivity (Wildman–Crippen MR) is 70.6 cm³/mol. The van der Waals surface area contributed by atoms with Gasteiger partial charge >= 0.3 is 0 Å². The van der Waals surface area contributed by atoms with Crippen LogP contribution in [0, 0.1) is 0 Å². The second kappa shape index (κ2) is 5.50. The van der Waals surface area contributed by atoms with Gasteiger partial charge < -0.3 is 0 Å². The first-order valence-electron chi connectivity index (χ1n) is 6.22. The lowest BCUT2D eigenvalue weighted by Gasteiger charge is -2.11. The molecule has 2 heterocycles. The highest BCUT2D eigenvalue weighted by molar-refractivity contribution is 6.29. The van der Waals surface area contributed by atoms with E-state index in [2.05, 4.69) is 23.9 Å². The summed E-state index contributed by atoms with van der Waals surface area (Å²) in [4.78, 5) is 4.59. The van der Waals surface area contributed by atoms with E-state index >= 15 is 0 Å². The summed E-state index contributed by atoms with van der Waals surface area (Å²) < 4.78 is 1.66. The number of rotatable bonds is 5. The van der Waals surface area contributed by atoms with E-state index in [1.54, 1.807) is 10.7 Å². The van der Waals surface area contributed by atoms with Crippen LogP contribution in [0.3, 0.4) is 0 Å². The molecule has 2 aromatic heterocycles. The third-order valence-corrected chi connectivity index (χ3v) is 3.35. The molecule has 0 saturated carbocycles. The third-order valence-electron chi connectivity index (χ3n) is 3.08. The molecular weight excluding hydrogens is 234 g/mol. The molecule has 0 N–H and O–H groups in total. The van der Waals surface area contributed by atoms with Gasteiger partial charge in [-0.05, 0) is 18.4 Å². The Balaban J connectivity index is 2.17. The molecule has 0 radical (unpaired) electrons. The summed E-state index contributed by atoms with van der Waals surface area (Å²) >= 11 is 6.17. The molecule has 0 aliphatic heterocycles. The standard InChI is InChI=1S/C13H18ClN3/c1-3-4-5-6-10(2)11-9-12(14)17-13(16-11)7-8-15-17/h7-10H,3-6H2,1-2H3. The van der Waals surface area contributed by atoms with Crippen LogP contribution in [0.15, 0.2) is 18.3 Å². The maximum absolute atomic E-state index is 6.17. The van der Waals surface area contributed by atoms with Crippen molar-refractivity contribution in [1.82, 2.24) is 14.6 Å². The molecule has 0 amide bonds. The Hall–Kier alpha value is -1.09. The van der Waals surface area contributed by atoms with Crippen molar-refractivity contribution in [3.05, 3.63) is 29.2 Å².